The molecule has 0 fully saturated rings. The summed E-state index contributed by atoms with van der Waals surface area (Å²) >= 11 is 0. The van der Waals surface area contributed by atoms with Crippen molar-refractivity contribution in [2.24, 2.45) is 0 Å². The predicted octanol–water partition coefficient (Wildman–Crippen LogP) is 1.91. The van der Waals surface area contributed by atoms with Crippen molar-refractivity contribution in [2.45, 2.75) is 20.3 Å². The molecule has 0 saturated heterocycles. The van der Waals surface area contributed by atoms with Crippen LogP contribution in [0.4, 0.5) is 0 Å². The molecule has 0 bridgehead atoms. The van der Waals surface area contributed by atoms with Gasteiger partial charge in [-0.3, -0.25) is 4.79 Å². The quantitative estimate of drug-likeness (QED) is 0.516. The molecule has 0 radical (unpaired) electrons. The van der Waals surface area contributed by atoms with Crippen molar-refractivity contribution in [3.8, 4) is 0 Å². The number of rotatable bonds is 6. The molecule has 0 aromatic rings. The second-order valence-corrected chi connectivity index (χ2v) is 4.80. The standard InChI is InChI=1S/C7H15NOS2/c1-3-7(9)8-5-6-11-10-4-2/h3-6H2,1-2H3,(H,8,9). The van der Waals surface area contributed by atoms with Gasteiger partial charge < -0.3 is 5.32 Å². The topological polar surface area (TPSA) is 29.1 Å². The molecule has 0 saturated carbocycles. The Morgan fingerprint density at radius 2 is 2.09 bits per heavy atom. The van der Waals surface area contributed by atoms with E-state index in [9.17, 15) is 4.79 Å². The molecule has 2 nitrogen and oxygen atoms in total. The molecular formula is C7H15NOS2. The van der Waals surface area contributed by atoms with E-state index in [2.05, 4.69) is 12.2 Å². The summed E-state index contributed by atoms with van der Waals surface area (Å²) < 4.78 is 0. The van der Waals surface area contributed by atoms with Crippen molar-refractivity contribution in [3.63, 3.8) is 0 Å². The monoisotopic (exact) mass is 193 g/mol. The molecule has 0 aliphatic rings. The SMILES string of the molecule is CCSSCCNC(=O)CC. The van der Waals surface area contributed by atoms with E-state index in [1.807, 2.05) is 28.5 Å². The molecule has 66 valence electrons. The van der Waals surface area contributed by atoms with Gasteiger partial charge in [-0.2, -0.15) is 0 Å². The van der Waals surface area contributed by atoms with Gasteiger partial charge in [0.05, 0.1) is 0 Å². The summed E-state index contributed by atoms with van der Waals surface area (Å²) in [6, 6.07) is 0. The lowest BCUT2D eigenvalue weighted by atomic mass is 10.4. The average molecular weight is 193 g/mol. The van der Waals surface area contributed by atoms with E-state index in [0.29, 0.717) is 6.42 Å². The van der Waals surface area contributed by atoms with E-state index in [4.69, 9.17) is 0 Å². The van der Waals surface area contributed by atoms with Gasteiger partial charge in [0.1, 0.15) is 0 Å². The number of hydrogen-bond donors (Lipinski definition) is 1. The van der Waals surface area contributed by atoms with E-state index < -0.39 is 0 Å². The third kappa shape index (κ3) is 8.07. The Kier molecular flexibility index (Phi) is 8.40. The average Bonchev–Trinajstić information content (AvgIpc) is 2.04. The molecule has 0 aromatic carbocycles. The van der Waals surface area contributed by atoms with Gasteiger partial charge in [-0.05, 0) is 0 Å². The van der Waals surface area contributed by atoms with Gasteiger partial charge in [0, 0.05) is 24.5 Å². The normalized spacial score (nSPS) is 9.64. The van der Waals surface area contributed by atoms with Crippen LogP contribution < -0.4 is 5.32 Å². The Balaban J connectivity index is 2.95. The van der Waals surface area contributed by atoms with Crippen LogP contribution in [-0.2, 0) is 4.79 Å². The Morgan fingerprint density at radius 1 is 1.36 bits per heavy atom. The lowest BCUT2D eigenvalue weighted by molar-refractivity contribution is -0.120. The Hall–Kier alpha value is 0.170. The fourth-order valence-corrected chi connectivity index (χ4v) is 2.07. The van der Waals surface area contributed by atoms with Gasteiger partial charge in [0.2, 0.25) is 5.91 Å². The first kappa shape index (κ1) is 11.2. The van der Waals surface area contributed by atoms with Crippen molar-refractivity contribution in [3.05, 3.63) is 0 Å². The summed E-state index contributed by atoms with van der Waals surface area (Å²) in [5.74, 6) is 2.28. The summed E-state index contributed by atoms with van der Waals surface area (Å²) in [5.41, 5.74) is 0. The molecule has 0 aromatic heterocycles. The second-order valence-electron chi connectivity index (χ2n) is 1.93. The third-order valence-corrected chi connectivity index (χ3v) is 3.51. The van der Waals surface area contributed by atoms with Gasteiger partial charge >= 0.3 is 0 Å². The van der Waals surface area contributed by atoms with Crippen molar-refractivity contribution >= 4 is 27.5 Å². The number of nitrogens with one attached hydrogen (secondary N) is 1. The van der Waals surface area contributed by atoms with E-state index in [1.54, 1.807) is 0 Å². The van der Waals surface area contributed by atoms with Crippen LogP contribution in [0.15, 0.2) is 0 Å². The first-order valence-corrected chi connectivity index (χ1v) is 6.31. The zero-order valence-electron chi connectivity index (χ0n) is 7.05. The van der Waals surface area contributed by atoms with E-state index in [1.165, 1.54) is 0 Å². The highest BCUT2D eigenvalue weighted by Crippen LogP contribution is 2.18. The van der Waals surface area contributed by atoms with Crippen LogP contribution in [0.3, 0.4) is 0 Å². The Morgan fingerprint density at radius 3 is 2.64 bits per heavy atom. The summed E-state index contributed by atoms with van der Waals surface area (Å²) in [7, 11) is 3.64. The molecule has 1 N–H and O–H groups in total. The minimum Gasteiger partial charge on any atom is -0.355 e. The molecule has 0 unspecified atom stereocenters. The third-order valence-electron chi connectivity index (χ3n) is 1.03. The minimum atomic E-state index is 0.145. The number of amides is 1. The molecule has 0 aliphatic carbocycles. The maximum absolute atomic E-state index is 10.7. The van der Waals surface area contributed by atoms with Crippen LogP contribution in [0.5, 0.6) is 0 Å². The predicted molar refractivity (Wildman–Crippen MR) is 53.9 cm³/mol. The van der Waals surface area contributed by atoms with Gasteiger partial charge in [-0.1, -0.05) is 35.4 Å². The lowest BCUT2D eigenvalue weighted by Crippen LogP contribution is -2.24. The lowest BCUT2D eigenvalue weighted by Gasteiger charge is -2.01. The maximum Gasteiger partial charge on any atom is 0.219 e. The van der Waals surface area contributed by atoms with Gasteiger partial charge in [-0.15, -0.1) is 0 Å². The molecule has 4 heteroatoms. The van der Waals surface area contributed by atoms with Gasteiger partial charge in [0.25, 0.3) is 0 Å². The first-order valence-electron chi connectivity index (χ1n) is 3.82. The number of hydrogen-bond acceptors (Lipinski definition) is 3. The van der Waals surface area contributed by atoms with E-state index in [0.717, 1.165) is 18.1 Å². The molecular weight excluding hydrogens is 178 g/mol. The fourth-order valence-electron chi connectivity index (χ4n) is 0.499. The largest absolute Gasteiger partial charge is 0.355 e. The van der Waals surface area contributed by atoms with Crippen LogP contribution in [0, 0.1) is 0 Å². The van der Waals surface area contributed by atoms with E-state index >= 15 is 0 Å². The zero-order valence-corrected chi connectivity index (χ0v) is 8.69. The van der Waals surface area contributed by atoms with Crippen molar-refractivity contribution < 1.29 is 4.79 Å². The second kappa shape index (κ2) is 8.27. The molecule has 0 atom stereocenters. The van der Waals surface area contributed by atoms with Crippen LogP contribution in [-0.4, -0.2) is 24.0 Å². The highest BCUT2D eigenvalue weighted by Gasteiger charge is 1.94. The maximum atomic E-state index is 10.7. The number of carbonyl (C=O) groups is 1. The van der Waals surface area contributed by atoms with Crippen LogP contribution in [0.2, 0.25) is 0 Å². The van der Waals surface area contributed by atoms with Gasteiger partial charge in [0.15, 0.2) is 0 Å². The van der Waals surface area contributed by atoms with Gasteiger partial charge in [-0.25, -0.2) is 0 Å². The van der Waals surface area contributed by atoms with Crippen molar-refractivity contribution in [1.82, 2.24) is 5.32 Å². The molecule has 0 rings (SSSR count). The van der Waals surface area contributed by atoms with Crippen LogP contribution in [0.25, 0.3) is 0 Å². The molecule has 0 aliphatic heterocycles. The summed E-state index contributed by atoms with van der Waals surface area (Å²) in [5, 5.41) is 2.82. The summed E-state index contributed by atoms with van der Waals surface area (Å²) in [6.07, 6.45) is 0.589. The molecule has 0 heterocycles. The fraction of sp³-hybridized carbons (Fsp3) is 0.857. The van der Waals surface area contributed by atoms with Crippen LogP contribution >= 0.6 is 21.6 Å². The van der Waals surface area contributed by atoms with Crippen molar-refractivity contribution in [1.29, 1.82) is 0 Å². The highest BCUT2D eigenvalue weighted by molar-refractivity contribution is 8.76. The highest BCUT2D eigenvalue weighted by atomic mass is 33.1. The Bertz CT molecular complexity index is 109. The molecule has 0 spiro atoms. The van der Waals surface area contributed by atoms with Crippen LogP contribution in [0.1, 0.15) is 20.3 Å². The minimum absolute atomic E-state index is 0.145. The smallest absolute Gasteiger partial charge is 0.219 e. The number of carbonyl (C=O) groups excluding carboxylic acids is 1. The summed E-state index contributed by atoms with van der Waals surface area (Å²) in [4.78, 5) is 10.7. The summed E-state index contributed by atoms with van der Waals surface area (Å²) in [6.45, 7) is 4.79. The van der Waals surface area contributed by atoms with E-state index in [-0.39, 0.29) is 5.91 Å². The Labute approximate surface area is 76.3 Å². The molecule has 1 amide bonds. The zero-order chi connectivity index (χ0) is 8.53. The first-order chi connectivity index (χ1) is 5.31. The van der Waals surface area contributed by atoms with Crippen molar-refractivity contribution in [2.75, 3.05) is 18.1 Å². The molecule has 11 heavy (non-hydrogen) atoms.